The highest BCUT2D eigenvalue weighted by Gasteiger charge is 2.26. The predicted molar refractivity (Wildman–Crippen MR) is 81.1 cm³/mol. The number of nitro benzene ring substituents is 1. The van der Waals surface area contributed by atoms with Gasteiger partial charge in [-0.25, -0.2) is 0 Å². The monoisotopic (exact) mass is 286 g/mol. The maximum absolute atomic E-state index is 11.2. The lowest BCUT2D eigenvalue weighted by Crippen LogP contribution is -2.29. The molecule has 21 heavy (non-hydrogen) atoms. The van der Waals surface area contributed by atoms with Gasteiger partial charge >= 0.3 is 5.69 Å². The van der Waals surface area contributed by atoms with Crippen molar-refractivity contribution in [2.45, 2.75) is 26.0 Å². The van der Waals surface area contributed by atoms with E-state index in [2.05, 4.69) is 0 Å². The van der Waals surface area contributed by atoms with Crippen molar-refractivity contribution in [3.63, 3.8) is 0 Å². The minimum Gasteiger partial charge on any atom is -0.482 e. The molecular weight excluding hydrogens is 268 g/mol. The Bertz CT molecular complexity index is 634. The van der Waals surface area contributed by atoms with Crippen LogP contribution in [-0.2, 0) is 12.1 Å². The molecule has 0 aliphatic rings. The molecule has 0 spiro atoms. The molecular formula is C16H18N2O3. The van der Waals surface area contributed by atoms with Gasteiger partial charge in [0.05, 0.1) is 4.92 Å². The lowest BCUT2D eigenvalue weighted by molar-refractivity contribution is -0.386. The van der Waals surface area contributed by atoms with Crippen LogP contribution in [0.2, 0.25) is 0 Å². The Balaban J connectivity index is 2.37. The third-order valence-electron chi connectivity index (χ3n) is 3.11. The molecule has 0 radical (unpaired) electrons. The van der Waals surface area contributed by atoms with Gasteiger partial charge in [-0.3, -0.25) is 10.1 Å². The first kappa shape index (κ1) is 15.0. The van der Waals surface area contributed by atoms with E-state index < -0.39 is 10.5 Å². The fourth-order valence-electron chi connectivity index (χ4n) is 2.06. The summed E-state index contributed by atoms with van der Waals surface area (Å²) in [7, 11) is 0. The number of hydrogen-bond donors (Lipinski definition) is 1. The highest BCUT2D eigenvalue weighted by molar-refractivity contribution is 5.54. The number of nitro groups is 1. The lowest BCUT2D eigenvalue weighted by Gasteiger charge is -2.22. The van der Waals surface area contributed by atoms with Gasteiger partial charge in [-0.05, 0) is 19.4 Å². The van der Waals surface area contributed by atoms with Gasteiger partial charge in [0, 0.05) is 17.2 Å². The minimum atomic E-state index is -0.724. The summed E-state index contributed by atoms with van der Waals surface area (Å²) in [6.45, 7) is 3.84. The summed E-state index contributed by atoms with van der Waals surface area (Å²) in [5.41, 5.74) is 6.86. The minimum absolute atomic E-state index is 0.0676. The van der Waals surface area contributed by atoms with E-state index in [0.717, 1.165) is 5.56 Å². The van der Waals surface area contributed by atoms with Crippen LogP contribution in [0.1, 0.15) is 25.0 Å². The van der Waals surface area contributed by atoms with E-state index in [1.165, 1.54) is 6.07 Å². The molecule has 2 aromatic rings. The van der Waals surface area contributed by atoms with E-state index in [9.17, 15) is 10.1 Å². The number of nitrogens with two attached hydrogens (primary N) is 1. The molecule has 5 nitrogen and oxygen atoms in total. The van der Waals surface area contributed by atoms with Gasteiger partial charge in [0.1, 0.15) is 6.61 Å². The zero-order valence-corrected chi connectivity index (χ0v) is 12.1. The smallest absolute Gasteiger partial charge is 0.311 e. The highest BCUT2D eigenvalue weighted by atomic mass is 16.6. The Labute approximate surface area is 123 Å². The fourth-order valence-corrected chi connectivity index (χ4v) is 2.06. The standard InChI is InChI=1S/C16H18N2O3/c1-16(2,17)13-9-6-10-14(18(19)20)15(13)21-11-12-7-4-3-5-8-12/h3-10H,11,17H2,1-2H3. The summed E-state index contributed by atoms with van der Waals surface area (Å²) >= 11 is 0. The number of ether oxygens (including phenoxy) is 1. The summed E-state index contributed by atoms with van der Waals surface area (Å²) in [6, 6.07) is 14.3. The summed E-state index contributed by atoms with van der Waals surface area (Å²) in [5, 5.41) is 11.2. The maximum Gasteiger partial charge on any atom is 0.311 e. The second kappa shape index (κ2) is 5.93. The molecule has 0 heterocycles. The first-order chi connectivity index (χ1) is 9.89. The molecule has 0 unspecified atom stereocenters. The van der Waals surface area contributed by atoms with Crippen LogP contribution >= 0.6 is 0 Å². The van der Waals surface area contributed by atoms with Crippen molar-refractivity contribution >= 4 is 5.69 Å². The van der Waals surface area contributed by atoms with Crippen LogP contribution in [0.5, 0.6) is 5.75 Å². The van der Waals surface area contributed by atoms with Crippen LogP contribution in [0.15, 0.2) is 48.5 Å². The molecule has 0 aliphatic carbocycles. The number of rotatable bonds is 5. The zero-order chi connectivity index (χ0) is 15.5. The van der Waals surface area contributed by atoms with Crippen molar-refractivity contribution in [2.24, 2.45) is 5.73 Å². The van der Waals surface area contributed by atoms with Gasteiger partial charge in [0.15, 0.2) is 0 Å². The van der Waals surface area contributed by atoms with Crippen molar-refractivity contribution in [1.82, 2.24) is 0 Å². The Morgan fingerprint density at radius 3 is 2.38 bits per heavy atom. The van der Waals surface area contributed by atoms with E-state index in [0.29, 0.717) is 5.56 Å². The van der Waals surface area contributed by atoms with Crippen molar-refractivity contribution in [3.05, 3.63) is 69.8 Å². The molecule has 0 aliphatic heterocycles. The van der Waals surface area contributed by atoms with Crippen molar-refractivity contribution in [2.75, 3.05) is 0 Å². The average Bonchev–Trinajstić information content (AvgIpc) is 2.44. The molecule has 5 heteroatoms. The Morgan fingerprint density at radius 1 is 1.14 bits per heavy atom. The molecule has 110 valence electrons. The first-order valence-electron chi connectivity index (χ1n) is 6.63. The third-order valence-corrected chi connectivity index (χ3v) is 3.11. The van der Waals surface area contributed by atoms with Gasteiger partial charge in [0.25, 0.3) is 0 Å². The van der Waals surface area contributed by atoms with E-state index in [4.69, 9.17) is 10.5 Å². The van der Waals surface area contributed by atoms with Gasteiger partial charge < -0.3 is 10.5 Å². The Hall–Kier alpha value is -2.40. The van der Waals surface area contributed by atoms with Gasteiger partial charge in [-0.1, -0.05) is 42.5 Å². The molecule has 0 atom stereocenters. The summed E-state index contributed by atoms with van der Waals surface area (Å²) in [4.78, 5) is 10.7. The van der Waals surface area contributed by atoms with Crippen LogP contribution < -0.4 is 10.5 Å². The van der Waals surface area contributed by atoms with E-state index in [1.54, 1.807) is 26.0 Å². The highest BCUT2D eigenvalue weighted by Crippen LogP contribution is 2.36. The molecule has 2 rings (SSSR count). The topological polar surface area (TPSA) is 78.4 Å². The molecule has 2 N–H and O–H groups in total. The van der Waals surface area contributed by atoms with Gasteiger partial charge in [-0.2, -0.15) is 0 Å². The first-order valence-corrected chi connectivity index (χ1v) is 6.63. The van der Waals surface area contributed by atoms with Crippen LogP contribution in [0.4, 0.5) is 5.69 Å². The number of hydrogen-bond acceptors (Lipinski definition) is 4. The Kier molecular flexibility index (Phi) is 4.23. The number of para-hydroxylation sites is 1. The van der Waals surface area contributed by atoms with Crippen molar-refractivity contribution in [1.29, 1.82) is 0 Å². The van der Waals surface area contributed by atoms with Crippen molar-refractivity contribution in [3.8, 4) is 5.75 Å². The SMILES string of the molecule is CC(C)(N)c1cccc([N+](=O)[O-])c1OCc1ccccc1. The maximum atomic E-state index is 11.2. The molecule has 0 bridgehead atoms. The van der Waals surface area contributed by atoms with Crippen molar-refractivity contribution < 1.29 is 9.66 Å². The number of nitrogens with zero attached hydrogens (tertiary/aromatic N) is 1. The molecule has 0 saturated carbocycles. The molecule has 0 aromatic heterocycles. The van der Waals surface area contributed by atoms with Gasteiger partial charge in [-0.15, -0.1) is 0 Å². The number of benzene rings is 2. The summed E-state index contributed by atoms with van der Waals surface area (Å²) in [5.74, 6) is 0.235. The molecule has 2 aromatic carbocycles. The molecule has 0 fully saturated rings. The van der Waals surface area contributed by atoms with E-state index in [-0.39, 0.29) is 18.0 Å². The van der Waals surface area contributed by atoms with E-state index >= 15 is 0 Å². The van der Waals surface area contributed by atoms with Crippen LogP contribution in [0.3, 0.4) is 0 Å². The lowest BCUT2D eigenvalue weighted by atomic mass is 9.94. The molecule has 0 saturated heterocycles. The van der Waals surface area contributed by atoms with E-state index in [1.807, 2.05) is 30.3 Å². The molecule has 0 amide bonds. The third kappa shape index (κ3) is 3.58. The van der Waals surface area contributed by atoms with Crippen LogP contribution in [0.25, 0.3) is 0 Å². The zero-order valence-electron chi connectivity index (χ0n) is 12.1. The fraction of sp³-hybridized carbons (Fsp3) is 0.250. The normalized spacial score (nSPS) is 11.2. The second-order valence-corrected chi connectivity index (χ2v) is 5.41. The average molecular weight is 286 g/mol. The Morgan fingerprint density at radius 2 is 1.81 bits per heavy atom. The predicted octanol–water partition coefficient (Wildman–Crippen LogP) is 3.37. The second-order valence-electron chi connectivity index (χ2n) is 5.41. The summed E-state index contributed by atoms with van der Waals surface area (Å²) in [6.07, 6.45) is 0. The quantitative estimate of drug-likeness (QED) is 0.675. The summed E-state index contributed by atoms with van der Waals surface area (Å²) < 4.78 is 5.72. The van der Waals surface area contributed by atoms with Crippen LogP contribution in [-0.4, -0.2) is 4.92 Å². The van der Waals surface area contributed by atoms with Crippen LogP contribution in [0, 0.1) is 10.1 Å². The van der Waals surface area contributed by atoms with Gasteiger partial charge in [0.2, 0.25) is 5.75 Å². The largest absolute Gasteiger partial charge is 0.482 e.